The lowest BCUT2D eigenvalue weighted by atomic mass is 9.67. The van der Waals surface area contributed by atoms with Gasteiger partial charge < -0.3 is 15.3 Å². The lowest BCUT2D eigenvalue weighted by Crippen LogP contribution is -2.28. The topological polar surface area (TPSA) is 60.7 Å². The first kappa shape index (κ1) is 21.5. The van der Waals surface area contributed by atoms with Crippen molar-refractivity contribution in [2.24, 2.45) is 0 Å². The van der Waals surface area contributed by atoms with Crippen LogP contribution in [-0.4, -0.2) is 15.3 Å². The van der Waals surface area contributed by atoms with Crippen LogP contribution in [0.3, 0.4) is 0 Å². The minimum Gasteiger partial charge on any atom is -0.508 e. The molecular weight excluding hydrogens is 396 g/mol. The van der Waals surface area contributed by atoms with E-state index in [1.165, 1.54) is 0 Å². The van der Waals surface area contributed by atoms with Crippen molar-refractivity contribution in [3.05, 3.63) is 113 Å². The van der Waals surface area contributed by atoms with E-state index in [2.05, 4.69) is 43.3 Å². The van der Waals surface area contributed by atoms with E-state index in [1.54, 1.807) is 24.3 Å². The molecule has 0 unspecified atom stereocenters. The quantitative estimate of drug-likeness (QED) is 0.308. The number of phenols is 3. The van der Waals surface area contributed by atoms with Crippen molar-refractivity contribution in [2.45, 2.75) is 32.6 Å². The molecule has 0 radical (unpaired) electrons. The van der Waals surface area contributed by atoms with E-state index in [4.69, 9.17) is 0 Å². The van der Waals surface area contributed by atoms with Crippen molar-refractivity contribution in [3.8, 4) is 28.4 Å². The number of hydrogen-bond acceptors (Lipinski definition) is 3. The van der Waals surface area contributed by atoms with Crippen molar-refractivity contribution < 1.29 is 15.3 Å². The predicted octanol–water partition coefficient (Wildman–Crippen LogP) is 6.83. The Morgan fingerprint density at radius 2 is 0.969 bits per heavy atom. The molecular formula is C29H28O3. The van der Waals surface area contributed by atoms with Crippen molar-refractivity contribution in [3.63, 3.8) is 0 Å². The average Bonchev–Trinajstić information content (AvgIpc) is 2.80. The Kier molecular flexibility index (Phi) is 5.67. The SMILES string of the molecule is CCC(c1ccc(-c2ccc(O)cc2)cc1)(c1ccc(O)c(C)c1)c1ccc(O)c(C)c1. The van der Waals surface area contributed by atoms with Crippen molar-refractivity contribution in [1.29, 1.82) is 0 Å². The summed E-state index contributed by atoms with van der Waals surface area (Å²) in [6.07, 6.45) is 0.806. The summed E-state index contributed by atoms with van der Waals surface area (Å²) in [5, 5.41) is 29.9. The van der Waals surface area contributed by atoms with Gasteiger partial charge in [-0.3, -0.25) is 0 Å². The summed E-state index contributed by atoms with van der Waals surface area (Å²) >= 11 is 0. The van der Waals surface area contributed by atoms with Gasteiger partial charge in [-0.15, -0.1) is 0 Å². The van der Waals surface area contributed by atoms with Gasteiger partial charge in [0.25, 0.3) is 0 Å². The molecule has 32 heavy (non-hydrogen) atoms. The first-order valence-corrected chi connectivity index (χ1v) is 10.9. The molecule has 0 saturated carbocycles. The molecule has 162 valence electrons. The summed E-state index contributed by atoms with van der Waals surface area (Å²) in [6, 6.07) is 27.3. The minimum atomic E-state index is -0.440. The number of hydrogen-bond donors (Lipinski definition) is 3. The van der Waals surface area contributed by atoms with Crippen LogP contribution in [0.15, 0.2) is 84.9 Å². The van der Waals surface area contributed by atoms with Crippen molar-refractivity contribution >= 4 is 0 Å². The molecule has 0 atom stereocenters. The molecule has 0 aliphatic carbocycles. The second kappa shape index (κ2) is 8.43. The van der Waals surface area contributed by atoms with E-state index in [-0.39, 0.29) is 17.2 Å². The first-order valence-electron chi connectivity index (χ1n) is 10.9. The highest BCUT2D eigenvalue weighted by atomic mass is 16.3. The highest BCUT2D eigenvalue weighted by molar-refractivity contribution is 5.66. The maximum atomic E-state index is 10.1. The molecule has 0 spiro atoms. The molecule has 0 fully saturated rings. The maximum Gasteiger partial charge on any atom is 0.118 e. The average molecular weight is 425 g/mol. The molecule has 4 aromatic carbocycles. The van der Waals surface area contributed by atoms with Crippen molar-refractivity contribution in [2.75, 3.05) is 0 Å². The molecule has 0 aromatic heterocycles. The van der Waals surface area contributed by atoms with Crippen LogP contribution < -0.4 is 0 Å². The van der Waals surface area contributed by atoms with E-state index in [9.17, 15) is 15.3 Å². The smallest absolute Gasteiger partial charge is 0.118 e. The van der Waals surface area contributed by atoms with Gasteiger partial charge in [-0.2, -0.15) is 0 Å². The van der Waals surface area contributed by atoms with Gasteiger partial charge in [0, 0.05) is 5.41 Å². The van der Waals surface area contributed by atoms with E-state index in [0.717, 1.165) is 45.4 Å². The van der Waals surface area contributed by atoms with E-state index in [1.807, 2.05) is 38.1 Å². The zero-order chi connectivity index (χ0) is 22.9. The second-order valence-corrected chi connectivity index (χ2v) is 8.39. The highest BCUT2D eigenvalue weighted by Gasteiger charge is 2.35. The second-order valence-electron chi connectivity index (χ2n) is 8.39. The van der Waals surface area contributed by atoms with E-state index in [0.29, 0.717) is 0 Å². The summed E-state index contributed by atoms with van der Waals surface area (Å²) in [5.41, 5.74) is 6.66. The summed E-state index contributed by atoms with van der Waals surface area (Å²) in [6.45, 7) is 5.99. The summed E-state index contributed by atoms with van der Waals surface area (Å²) in [4.78, 5) is 0. The Bertz CT molecular complexity index is 1190. The van der Waals surface area contributed by atoms with Crippen LogP contribution in [0.25, 0.3) is 11.1 Å². The zero-order valence-electron chi connectivity index (χ0n) is 18.6. The van der Waals surface area contributed by atoms with Gasteiger partial charge in [-0.25, -0.2) is 0 Å². The number of aryl methyl sites for hydroxylation is 2. The van der Waals surface area contributed by atoms with Crippen LogP contribution in [-0.2, 0) is 5.41 Å². The molecule has 0 amide bonds. The van der Waals surface area contributed by atoms with Crippen molar-refractivity contribution in [1.82, 2.24) is 0 Å². The molecule has 3 heteroatoms. The lowest BCUT2D eigenvalue weighted by molar-refractivity contribution is 0.469. The number of benzene rings is 4. The fourth-order valence-corrected chi connectivity index (χ4v) is 4.56. The first-order chi connectivity index (χ1) is 15.3. The monoisotopic (exact) mass is 424 g/mol. The zero-order valence-corrected chi connectivity index (χ0v) is 18.6. The highest BCUT2D eigenvalue weighted by Crippen LogP contribution is 2.44. The number of rotatable bonds is 5. The molecule has 3 nitrogen and oxygen atoms in total. The Hall–Kier alpha value is -3.72. The third kappa shape index (κ3) is 3.71. The standard InChI is InChI=1S/C29H28O3/c1-4-29(24-11-15-27(31)19(2)17-24,25-12-16-28(32)20(3)18-25)23-9-5-21(6-10-23)22-7-13-26(30)14-8-22/h5-18,30-32H,4H2,1-3H3. The summed E-state index contributed by atoms with van der Waals surface area (Å²) in [7, 11) is 0. The molecule has 4 rings (SSSR count). The normalized spacial score (nSPS) is 11.5. The number of phenolic OH excluding ortho intramolecular Hbond substituents is 3. The molecule has 0 bridgehead atoms. The Balaban J connectivity index is 1.91. The summed E-state index contributed by atoms with van der Waals surface area (Å²) < 4.78 is 0. The van der Waals surface area contributed by atoms with Gasteiger partial charge in [0.1, 0.15) is 17.2 Å². The molecule has 0 aliphatic rings. The maximum absolute atomic E-state index is 10.1. The van der Waals surface area contributed by atoms with E-state index < -0.39 is 5.41 Å². The third-order valence-corrected chi connectivity index (χ3v) is 6.49. The fraction of sp³-hybridized carbons (Fsp3) is 0.172. The molecule has 3 N–H and O–H groups in total. The fourth-order valence-electron chi connectivity index (χ4n) is 4.56. The Morgan fingerprint density at radius 3 is 1.38 bits per heavy atom. The molecule has 0 aliphatic heterocycles. The van der Waals surface area contributed by atoms with E-state index >= 15 is 0 Å². The van der Waals surface area contributed by atoms with Gasteiger partial charge >= 0.3 is 0 Å². The van der Waals surface area contributed by atoms with Gasteiger partial charge in [-0.1, -0.05) is 67.6 Å². The Morgan fingerprint density at radius 1 is 0.562 bits per heavy atom. The molecule has 0 heterocycles. The van der Waals surface area contributed by atoms with Crippen LogP contribution in [0.4, 0.5) is 0 Å². The van der Waals surface area contributed by atoms with Gasteiger partial charge in [0.2, 0.25) is 0 Å². The third-order valence-electron chi connectivity index (χ3n) is 6.49. The van der Waals surface area contributed by atoms with Crippen LogP contribution in [0.5, 0.6) is 17.2 Å². The summed E-state index contributed by atoms with van der Waals surface area (Å²) in [5.74, 6) is 0.812. The predicted molar refractivity (Wildman–Crippen MR) is 129 cm³/mol. The van der Waals surface area contributed by atoms with Gasteiger partial charge in [0.05, 0.1) is 0 Å². The van der Waals surface area contributed by atoms with Gasteiger partial charge in [0.15, 0.2) is 0 Å². The van der Waals surface area contributed by atoms with Crippen LogP contribution in [0, 0.1) is 13.8 Å². The van der Waals surface area contributed by atoms with Crippen LogP contribution >= 0.6 is 0 Å². The van der Waals surface area contributed by atoms with Crippen LogP contribution in [0.2, 0.25) is 0 Å². The Labute approximate surface area is 189 Å². The molecule has 4 aromatic rings. The number of aromatic hydroxyl groups is 3. The largest absolute Gasteiger partial charge is 0.508 e. The lowest BCUT2D eigenvalue weighted by Gasteiger charge is -2.36. The minimum absolute atomic E-state index is 0.251. The van der Waals surface area contributed by atoms with Gasteiger partial charge in [-0.05, 0) is 83.5 Å². The van der Waals surface area contributed by atoms with Crippen LogP contribution in [0.1, 0.15) is 41.2 Å². The molecule has 0 saturated heterocycles.